The van der Waals surface area contributed by atoms with E-state index >= 15 is 0 Å². The number of carbonyl (C=O) groups is 1. The molecule has 4 heteroatoms. The van der Waals surface area contributed by atoms with Crippen LogP contribution in [0, 0.1) is 11.3 Å². The van der Waals surface area contributed by atoms with Gasteiger partial charge in [0.1, 0.15) is 0 Å². The highest BCUT2D eigenvalue weighted by Gasteiger charge is 2.44. The normalized spacial score (nSPS) is 24.1. The first kappa shape index (κ1) is 13.1. The minimum absolute atomic E-state index is 0.246. The second-order valence-corrected chi connectivity index (χ2v) is 7.46. The Labute approximate surface area is 119 Å². The standard InChI is InChI=1S/C15H22N2OS/c1-15(2)7-12(15)8-16-9-14(18)17-5-3-13-11(10-17)4-6-19-13/h4,6,12,16H,3,5,7-10H2,1-2H3. The topological polar surface area (TPSA) is 32.3 Å². The summed E-state index contributed by atoms with van der Waals surface area (Å²) in [6.07, 6.45) is 2.31. The van der Waals surface area contributed by atoms with E-state index in [9.17, 15) is 4.79 Å². The van der Waals surface area contributed by atoms with Crippen LogP contribution < -0.4 is 5.32 Å². The molecular formula is C15H22N2OS. The number of amides is 1. The number of nitrogens with zero attached hydrogens (tertiary/aromatic N) is 1. The van der Waals surface area contributed by atoms with Crippen LogP contribution in [-0.4, -0.2) is 30.4 Å². The average molecular weight is 278 g/mol. The van der Waals surface area contributed by atoms with Gasteiger partial charge in [-0.3, -0.25) is 4.79 Å². The van der Waals surface area contributed by atoms with Crippen LogP contribution in [-0.2, 0) is 17.8 Å². The number of hydrogen-bond acceptors (Lipinski definition) is 3. The zero-order valence-corrected chi connectivity index (χ0v) is 12.6. The second kappa shape index (κ2) is 4.91. The van der Waals surface area contributed by atoms with E-state index < -0.39 is 0 Å². The average Bonchev–Trinajstić information content (AvgIpc) is 2.79. The van der Waals surface area contributed by atoms with Crippen LogP contribution in [0.25, 0.3) is 0 Å². The number of carbonyl (C=O) groups excluding carboxylic acids is 1. The quantitative estimate of drug-likeness (QED) is 0.916. The molecule has 1 unspecified atom stereocenters. The molecule has 1 saturated carbocycles. The first-order chi connectivity index (χ1) is 9.06. The lowest BCUT2D eigenvalue weighted by Crippen LogP contribution is -2.41. The Bertz CT molecular complexity index is 480. The molecule has 2 heterocycles. The first-order valence-corrected chi connectivity index (χ1v) is 7.98. The zero-order chi connectivity index (χ0) is 13.5. The fourth-order valence-corrected chi connectivity index (χ4v) is 3.74. The summed E-state index contributed by atoms with van der Waals surface area (Å²) in [5.74, 6) is 1.00. The summed E-state index contributed by atoms with van der Waals surface area (Å²) in [4.78, 5) is 15.6. The molecule has 104 valence electrons. The van der Waals surface area contributed by atoms with Gasteiger partial charge in [0.2, 0.25) is 5.91 Å². The van der Waals surface area contributed by atoms with E-state index in [0.717, 1.165) is 32.0 Å². The van der Waals surface area contributed by atoms with E-state index in [2.05, 4.69) is 30.6 Å². The molecule has 1 fully saturated rings. The van der Waals surface area contributed by atoms with E-state index in [0.29, 0.717) is 12.0 Å². The summed E-state index contributed by atoms with van der Waals surface area (Å²) in [7, 11) is 0. The Hall–Kier alpha value is -0.870. The summed E-state index contributed by atoms with van der Waals surface area (Å²) in [6.45, 7) is 7.74. The number of nitrogens with one attached hydrogen (secondary N) is 1. The van der Waals surface area contributed by atoms with Gasteiger partial charge in [0.05, 0.1) is 6.54 Å². The Morgan fingerprint density at radius 1 is 1.58 bits per heavy atom. The number of rotatable bonds is 4. The molecule has 1 aliphatic carbocycles. The monoisotopic (exact) mass is 278 g/mol. The highest BCUT2D eigenvalue weighted by molar-refractivity contribution is 7.10. The van der Waals surface area contributed by atoms with Gasteiger partial charge in [-0.05, 0) is 47.7 Å². The third-order valence-electron chi connectivity index (χ3n) is 4.54. The molecule has 2 aliphatic rings. The van der Waals surface area contributed by atoms with Gasteiger partial charge in [-0.25, -0.2) is 0 Å². The highest BCUT2D eigenvalue weighted by Crippen LogP contribution is 2.50. The molecular weight excluding hydrogens is 256 g/mol. The van der Waals surface area contributed by atoms with E-state index in [1.807, 2.05) is 16.2 Å². The van der Waals surface area contributed by atoms with Crippen LogP contribution in [0.15, 0.2) is 11.4 Å². The Morgan fingerprint density at radius 2 is 2.37 bits per heavy atom. The molecule has 3 nitrogen and oxygen atoms in total. The summed E-state index contributed by atoms with van der Waals surface area (Å²) in [5, 5.41) is 5.46. The van der Waals surface area contributed by atoms with Crippen molar-refractivity contribution in [1.82, 2.24) is 10.2 Å². The summed E-state index contributed by atoms with van der Waals surface area (Å²) >= 11 is 1.82. The minimum Gasteiger partial charge on any atom is -0.337 e. The maximum atomic E-state index is 12.2. The minimum atomic E-state index is 0.246. The van der Waals surface area contributed by atoms with Gasteiger partial charge in [-0.1, -0.05) is 13.8 Å². The smallest absolute Gasteiger partial charge is 0.236 e. The molecule has 1 N–H and O–H groups in total. The first-order valence-electron chi connectivity index (χ1n) is 7.10. The predicted molar refractivity (Wildman–Crippen MR) is 78.2 cm³/mol. The molecule has 0 saturated heterocycles. The van der Waals surface area contributed by atoms with Crippen molar-refractivity contribution in [1.29, 1.82) is 0 Å². The molecule has 0 radical (unpaired) electrons. The van der Waals surface area contributed by atoms with Crippen molar-refractivity contribution in [2.24, 2.45) is 11.3 Å². The molecule has 19 heavy (non-hydrogen) atoms. The fraction of sp³-hybridized carbons (Fsp3) is 0.667. The predicted octanol–water partition coefficient (Wildman–Crippen LogP) is 2.27. The SMILES string of the molecule is CC1(C)CC1CNCC(=O)N1CCc2sccc2C1. The van der Waals surface area contributed by atoms with Gasteiger partial charge in [0.15, 0.2) is 0 Å². The van der Waals surface area contributed by atoms with Crippen molar-refractivity contribution >= 4 is 17.2 Å². The van der Waals surface area contributed by atoms with Crippen LogP contribution in [0.1, 0.15) is 30.7 Å². The van der Waals surface area contributed by atoms with Crippen LogP contribution in [0.5, 0.6) is 0 Å². The third-order valence-corrected chi connectivity index (χ3v) is 5.57. The number of fused-ring (bicyclic) bond motifs is 1. The summed E-state index contributed by atoms with van der Waals surface area (Å²) in [6, 6.07) is 2.15. The molecule has 1 aromatic rings. The van der Waals surface area contributed by atoms with Crippen LogP contribution >= 0.6 is 11.3 Å². The van der Waals surface area contributed by atoms with Crippen molar-refractivity contribution < 1.29 is 4.79 Å². The van der Waals surface area contributed by atoms with Crippen LogP contribution in [0.3, 0.4) is 0 Å². The van der Waals surface area contributed by atoms with E-state index in [1.165, 1.54) is 16.9 Å². The maximum Gasteiger partial charge on any atom is 0.236 e. The molecule has 0 bridgehead atoms. The molecule has 1 aromatic heterocycles. The number of thiophene rings is 1. The van der Waals surface area contributed by atoms with Crippen LogP contribution in [0.4, 0.5) is 0 Å². The van der Waals surface area contributed by atoms with Gasteiger partial charge in [0, 0.05) is 18.0 Å². The Balaban J connectivity index is 1.44. The van der Waals surface area contributed by atoms with Gasteiger partial charge in [-0.2, -0.15) is 0 Å². The van der Waals surface area contributed by atoms with E-state index in [1.54, 1.807) is 0 Å². The van der Waals surface area contributed by atoms with Gasteiger partial charge < -0.3 is 10.2 Å². The number of hydrogen-bond donors (Lipinski definition) is 1. The largest absolute Gasteiger partial charge is 0.337 e. The van der Waals surface area contributed by atoms with Crippen LogP contribution in [0.2, 0.25) is 0 Å². The third kappa shape index (κ3) is 2.84. The van der Waals surface area contributed by atoms with Crippen molar-refractivity contribution in [3.63, 3.8) is 0 Å². The second-order valence-electron chi connectivity index (χ2n) is 6.45. The molecule has 0 aromatic carbocycles. The van der Waals surface area contributed by atoms with Gasteiger partial charge >= 0.3 is 0 Å². The maximum absolute atomic E-state index is 12.2. The fourth-order valence-electron chi connectivity index (χ4n) is 2.85. The lowest BCUT2D eigenvalue weighted by Gasteiger charge is -2.27. The van der Waals surface area contributed by atoms with Gasteiger partial charge in [0.25, 0.3) is 0 Å². The van der Waals surface area contributed by atoms with Crippen molar-refractivity contribution in [3.05, 3.63) is 21.9 Å². The Kier molecular flexibility index (Phi) is 3.39. The molecule has 0 spiro atoms. The molecule has 1 atom stereocenters. The zero-order valence-electron chi connectivity index (χ0n) is 11.7. The molecule has 3 rings (SSSR count). The lowest BCUT2D eigenvalue weighted by molar-refractivity contribution is -0.131. The van der Waals surface area contributed by atoms with Crippen molar-refractivity contribution in [2.45, 2.75) is 33.2 Å². The van der Waals surface area contributed by atoms with Gasteiger partial charge in [-0.15, -0.1) is 11.3 Å². The molecule has 1 aliphatic heterocycles. The summed E-state index contributed by atoms with van der Waals surface area (Å²) < 4.78 is 0. The summed E-state index contributed by atoms with van der Waals surface area (Å²) in [5.41, 5.74) is 1.83. The Morgan fingerprint density at radius 3 is 3.11 bits per heavy atom. The molecule has 1 amide bonds. The highest BCUT2D eigenvalue weighted by atomic mass is 32.1. The van der Waals surface area contributed by atoms with Crippen molar-refractivity contribution in [2.75, 3.05) is 19.6 Å². The van der Waals surface area contributed by atoms with E-state index in [4.69, 9.17) is 0 Å². The van der Waals surface area contributed by atoms with E-state index in [-0.39, 0.29) is 5.91 Å². The van der Waals surface area contributed by atoms with Crippen molar-refractivity contribution in [3.8, 4) is 0 Å². The lowest BCUT2D eigenvalue weighted by atomic mass is 10.1.